The highest BCUT2D eigenvalue weighted by atomic mass is 32.1. The van der Waals surface area contributed by atoms with Crippen LogP contribution in [0.25, 0.3) is 0 Å². The average molecular weight is 442 g/mol. The minimum absolute atomic E-state index is 0.101. The van der Waals surface area contributed by atoms with Gasteiger partial charge >= 0.3 is 0 Å². The molecule has 0 saturated carbocycles. The van der Waals surface area contributed by atoms with Gasteiger partial charge in [0.1, 0.15) is 17.3 Å². The molecular weight excluding hydrogens is 414 g/mol. The number of aromatic nitrogens is 3. The van der Waals surface area contributed by atoms with Crippen molar-refractivity contribution in [2.24, 2.45) is 0 Å². The van der Waals surface area contributed by atoms with Crippen LogP contribution in [0, 0.1) is 18.3 Å². The monoisotopic (exact) mass is 441 g/mol. The lowest BCUT2D eigenvalue weighted by Gasteiger charge is -2.30. The van der Waals surface area contributed by atoms with Crippen LogP contribution in [0.3, 0.4) is 0 Å². The van der Waals surface area contributed by atoms with Crippen molar-refractivity contribution in [3.8, 4) is 6.07 Å². The lowest BCUT2D eigenvalue weighted by Crippen LogP contribution is -2.40. The molecule has 9 nitrogen and oxygen atoms in total. The Bertz CT molecular complexity index is 965. The standard InChI is InChI=1S/C21H27N7O2S/c1-14-23-17(15-3-2-7-27(12-15)10-6-22)11-19(24-14)26-21-25-18(13-31-21)20(30)28-8-4-16(29)5-9-28/h11,13,15-16,29H,2-5,7-10,12H2,1H3,(H,23,24,25,26)/t15-/m1/s1. The number of piperidine rings is 2. The maximum absolute atomic E-state index is 12.7. The van der Waals surface area contributed by atoms with Crippen LogP contribution in [0.1, 0.15) is 53.6 Å². The molecule has 10 heteroatoms. The molecule has 1 atom stereocenters. The van der Waals surface area contributed by atoms with Gasteiger partial charge in [-0.3, -0.25) is 9.69 Å². The molecule has 0 aromatic carbocycles. The van der Waals surface area contributed by atoms with Gasteiger partial charge in [0.05, 0.1) is 24.4 Å². The van der Waals surface area contributed by atoms with Gasteiger partial charge in [-0.05, 0) is 39.2 Å². The van der Waals surface area contributed by atoms with E-state index in [-0.39, 0.29) is 17.9 Å². The Labute approximate surface area is 185 Å². The number of nitriles is 1. The van der Waals surface area contributed by atoms with Gasteiger partial charge in [-0.15, -0.1) is 11.3 Å². The molecule has 31 heavy (non-hydrogen) atoms. The lowest BCUT2D eigenvalue weighted by atomic mass is 9.94. The van der Waals surface area contributed by atoms with E-state index in [1.165, 1.54) is 11.3 Å². The molecule has 0 spiro atoms. The minimum Gasteiger partial charge on any atom is -0.393 e. The van der Waals surface area contributed by atoms with E-state index in [4.69, 9.17) is 5.26 Å². The molecule has 2 aliphatic heterocycles. The highest BCUT2D eigenvalue weighted by molar-refractivity contribution is 7.14. The number of carbonyl (C=O) groups is 1. The second kappa shape index (κ2) is 9.68. The Morgan fingerprint density at radius 1 is 1.29 bits per heavy atom. The van der Waals surface area contributed by atoms with E-state index < -0.39 is 0 Å². The third-order valence-corrected chi connectivity index (χ3v) is 6.54. The largest absolute Gasteiger partial charge is 0.393 e. The second-order valence-electron chi connectivity index (χ2n) is 8.14. The van der Waals surface area contributed by atoms with Crippen molar-refractivity contribution in [1.82, 2.24) is 24.8 Å². The Kier molecular flexibility index (Phi) is 6.75. The van der Waals surface area contributed by atoms with E-state index in [2.05, 4.69) is 31.2 Å². The van der Waals surface area contributed by atoms with Gasteiger partial charge in [0.2, 0.25) is 0 Å². The number of thiazole rings is 1. The van der Waals surface area contributed by atoms with Gasteiger partial charge in [0.25, 0.3) is 5.91 Å². The summed E-state index contributed by atoms with van der Waals surface area (Å²) < 4.78 is 0. The molecule has 2 N–H and O–H groups in total. The smallest absolute Gasteiger partial charge is 0.273 e. The molecule has 2 saturated heterocycles. The summed E-state index contributed by atoms with van der Waals surface area (Å²) in [4.78, 5) is 30.2. The Hall–Kier alpha value is -2.61. The molecule has 1 amide bonds. The molecule has 2 aromatic heterocycles. The first kappa shape index (κ1) is 21.6. The van der Waals surface area contributed by atoms with E-state index in [0.29, 0.717) is 54.9 Å². The van der Waals surface area contributed by atoms with Gasteiger partial charge in [0, 0.05) is 37.0 Å². The lowest BCUT2D eigenvalue weighted by molar-refractivity contribution is 0.0542. The van der Waals surface area contributed by atoms with Crippen LogP contribution in [0.4, 0.5) is 10.9 Å². The summed E-state index contributed by atoms with van der Waals surface area (Å²) in [6, 6.07) is 4.18. The summed E-state index contributed by atoms with van der Waals surface area (Å²) in [5, 5.41) is 24.2. The van der Waals surface area contributed by atoms with E-state index >= 15 is 0 Å². The molecule has 2 aliphatic rings. The number of rotatable bonds is 5. The molecular formula is C21H27N7O2S. The normalized spacial score (nSPS) is 20.4. The summed E-state index contributed by atoms with van der Waals surface area (Å²) in [5.41, 5.74) is 1.38. The van der Waals surface area contributed by atoms with Crippen LogP contribution < -0.4 is 5.32 Å². The van der Waals surface area contributed by atoms with Crippen LogP contribution in [-0.4, -0.2) is 74.6 Å². The fourth-order valence-corrected chi connectivity index (χ4v) is 4.87. The number of nitrogens with one attached hydrogen (secondary N) is 1. The Balaban J connectivity index is 1.44. The van der Waals surface area contributed by atoms with Gasteiger partial charge < -0.3 is 15.3 Å². The zero-order valence-electron chi connectivity index (χ0n) is 17.6. The first-order valence-corrected chi connectivity index (χ1v) is 11.5. The highest BCUT2D eigenvalue weighted by Gasteiger charge is 2.25. The Morgan fingerprint density at radius 3 is 2.87 bits per heavy atom. The van der Waals surface area contributed by atoms with Crippen LogP contribution in [0.2, 0.25) is 0 Å². The first-order valence-electron chi connectivity index (χ1n) is 10.7. The van der Waals surface area contributed by atoms with Crippen molar-refractivity contribution in [3.05, 3.63) is 28.7 Å². The average Bonchev–Trinajstić information content (AvgIpc) is 3.22. The second-order valence-corrected chi connectivity index (χ2v) is 9.00. The predicted octanol–water partition coefficient (Wildman–Crippen LogP) is 2.29. The molecule has 0 bridgehead atoms. The summed E-state index contributed by atoms with van der Waals surface area (Å²) >= 11 is 1.37. The topological polar surface area (TPSA) is 118 Å². The van der Waals surface area contributed by atoms with Gasteiger partial charge in [-0.2, -0.15) is 5.26 Å². The number of hydrogen-bond acceptors (Lipinski definition) is 9. The van der Waals surface area contributed by atoms with Crippen LogP contribution >= 0.6 is 11.3 Å². The van der Waals surface area contributed by atoms with Gasteiger partial charge in [0.15, 0.2) is 5.13 Å². The number of aryl methyl sites for hydroxylation is 1. The van der Waals surface area contributed by atoms with Crippen molar-refractivity contribution >= 4 is 28.2 Å². The maximum Gasteiger partial charge on any atom is 0.273 e. The maximum atomic E-state index is 12.7. The number of amides is 1. The predicted molar refractivity (Wildman–Crippen MR) is 117 cm³/mol. The molecule has 4 heterocycles. The van der Waals surface area contributed by atoms with Gasteiger partial charge in [-0.25, -0.2) is 15.0 Å². The third-order valence-electron chi connectivity index (χ3n) is 5.79. The minimum atomic E-state index is -0.317. The SMILES string of the molecule is Cc1nc(Nc2nc(C(=O)N3CCC(O)CC3)cs2)cc([C@@H]2CCCN(CC#N)C2)n1. The molecule has 2 fully saturated rings. The zero-order valence-corrected chi connectivity index (χ0v) is 18.4. The number of aliphatic hydroxyl groups is 1. The van der Waals surface area contributed by atoms with Gasteiger partial charge in [-0.1, -0.05) is 0 Å². The van der Waals surface area contributed by atoms with E-state index in [9.17, 15) is 9.90 Å². The zero-order chi connectivity index (χ0) is 21.8. The number of aliphatic hydroxyl groups excluding tert-OH is 1. The molecule has 0 radical (unpaired) electrons. The first-order chi connectivity index (χ1) is 15.0. The van der Waals surface area contributed by atoms with E-state index in [1.54, 1.807) is 10.3 Å². The molecule has 0 aliphatic carbocycles. The summed E-state index contributed by atoms with van der Waals surface area (Å²) in [7, 11) is 0. The quantitative estimate of drug-likeness (QED) is 0.679. The van der Waals surface area contributed by atoms with Crippen molar-refractivity contribution in [2.45, 2.75) is 44.6 Å². The van der Waals surface area contributed by atoms with Crippen LogP contribution in [-0.2, 0) is 0 Å². The third kappa shape index (κ3) is 5.36. The van der Waals surface area contributed by atoms with Crippen molar-refractivity contribution in [1.29, 1.82) is 5.26 Å². The number of likely N-dealkylation sites (tertiary alicyclic amines) is 2. The summed E-state index contributed by atoms with van der Waals surface area (Å²) in [5.74, 6) is 1.51. The van der Waals surface area contributed by atoms with E-state index in [1.807, 2.05) is 13.0 Å². The molecule has 164 valence electrons. The molecule has 4 rings (SSSR count). The fourth-order valence-electron chi connectivity index (χ4n) is 4.17. The summed E-state index contributed by atoms with van der Waals surface area (Å²) in [6.07, 6.45) is 2.98. The van der Waals surface area contributed by atoms with Crippen LogP contribution in [0.5, 0.6) is 0 Å². The fraction of sp³-hybridized carbons (Fsp3) is 0.571. The number of hydrogen-bond donors (Lipinski definition) is 2. The Morgan fingerprint density at radius 2 is 2.10 bits per heavy atom. The number of anilines is 2. The molecule has 0 unspecified atom stereocenters. The summed E-state index contributed by atoms with van der Waals surface area (Å²) in [6.45, 7) is 5.19. The highest BCUT2D eigenvalue weighted by Crippen LogP contribution is 2.28. The van der Waals surface area contributed by atoms with Crippen molar-refractivity contribution in [2.75, 3.05) is 38.0 Å². The van der Waals surface area contributed by atoms with Crippen molar-refractivity contribution in [3.63, 3.8) is 0 Å². The van der Waals surface area contributed by atoms with Crippen LogP contribution in [0.15, 0.2) is 11.4 Å². The number of carbonyl (C=O) groups excluding carboxylic acids is 1. The van der Waals surface area contributed by atoms with Crippen molar-refractivity contribution < 1.29 is 9.90 Å². The number of nitrogens with zero attached hydrogens (tertiary/aromatic N) is 6. The van der Waals surface area contributed by atoms with E-state index in [0.717, 1.165) is 31.6 Å². The molecule has 2 aromatic rings.